The highest BCUT2D eigenvalue weighted by molar-refractivity contribution is 5.94. The second-order valence-electron chi connectivity index (χ2n) is 6.71. The molecule has 1 aromatic rings. The Bertz CT molecular complexity index is 513. The van der Waals surface area contributed by atoms with Crippen LogP contribution in [0.2, 0.25) is 0 Å². The van der Waals surface area contributed by atoms with Gasteiger partial charge in [-0.1, -0.05) is 0 Å². The predicted octanol–water partition coefficient (Wildman–Crippen LogP) is 2.89. The van der Waals surface area contributed by atoms with Crippen LogP contribution in [0, 0.1) is 11.8 Å². The molecule has 2 unspecified atom stereocenters. The van der Waals surface area contributed by atoms with Crippen molar-refractivity contribution in [3.8, 4) is 5.75 Å². The second-order valence-corrected chi connectivity index (χ2v) is 6.71. The highest BCUT2D eigenvalue weighted by atomic mass is 16.5. The normalized spacial score (nSPS) is 23.2. The molecule has 0 aromatic heterocycles. The van der Waals surface area contributed by atoms with E-state index in [1.807, 2.05) is 43.0 Å². The first-order valence-electron chi connectivity index (χ1n) is 8.95. The van der Waals surface area contributed by atoms with Crippen molar-refractivity contribution in [2.45, 2.75) is 26.7 Å². The van der Waals surface area contributed by atoms with Crippen molar-refractivity contribution < 1.29 is 9.53 Å². The molecule has 0 N–H and O–H groups in total. The maximum absolute atomic E-state index is 12.3. The van der Waals surface area contributed by atoms with Gasteiger partial charge in [0.1, 0.15) is 12.4 Å². The van der Waals surface area contributed by atoms with Crippen LogP contribution >= 0.6 is 0 Å². The number of hydrogen-bond acceptors (Lipinski definition) is 3. The zero-order valence-electron chi connectivity index (χ0n) is 14.3. The van der Waals surface area contributed by atoms with Crippen molar-refractivity contribution in [1.29, 1.82) is 0 Å². The number of rotatable bonds is 7. The van der Waals surface area contributed by atoms with E-state index >= 15 is 0 Å². The molecular formula is C19H28N2O2. The number of carbonyl (C=O) groups excluding carboxylic acids is 1. The molecule has 2 aliphatic rings. The van der Waals surface area contributed by atoms with Crippen molar-refractivity contribution >= 4 is 5.91 Å². The molecule has 0 bridgehead atoms. The lowest BCUT2D eigenvalue weighted by atomic mass is 9.77. The van der Waals surface area contributed by atoms with Crippen molar-refractivity contribution in [1.82, 2.24) is 9.80 Å². The Morgan fingerprint density at radius 2 is 1.74 bits per heavy atom. The fourth-order valence-corrected chi connectivity index (χ4v) is 3.72. The number of likely N-dealkylation sites (tertiary alicyclic amines) is 1. The van der Waals surface area contributed by atoms with Crippen LogP contribution in [0.15, 0.2) is 24.3 Å². The summed E-state index contributed by atoms with van der Waals surface area (Å²) in [5, 5.41) is 0. The molecule has 1 aromatic carbocycles. The van der Waals surface area contributed by atoms with Crippen molar-refractivity contribution in [3.05, 3.63) is 29.8 Å². The first-order chi connectivity index (χ1) is 11.2. The number of fused-ring (bicyclic) bond motifs is 1. The maximum atomic E-state index is 12.3. The molecule has 2 atom stereocenters. The van der Waals surface area contributed by atoms with E-state index < -0.39 is 0 Å². The van der Waals surface area contributed by atoms with Crippen LogP contribution in [0.5, 0.6) is 5.75 Å². The summed E-state index contributed by atoms with van der Waals surface area (Å²) < 4.78 is 5.84. The zero-order valence-corrected chi connectivity index (χ0v) is 14.3. The Kier molecular flexibility index (Phi) is 5.21. The third-order valence-electron chi connectivity index (χ3n) is 5.39. The summed E-state index contributed by atoms with van der Waals surface area (Å²) in [6.07, 6.45) is 2.84. The van der Waals surface area contributed by atoms with Gasteiger partial charge in [-0.15, -0.1) is 0 Å². The van der Waals surface area contributed by atoms with Gasteiger partial charge in [-0.25, -0.2) is 0 Å². The average Bonchev–Trinajstić information content (AvgIpc) is 2.84. The Labute approximate surface area is 139 Å². The highest BCUT2D eigenvalue weighted by Gasteiger charge is 2.38. The van der Waals surface area contributed by atoms with Gasteiger partial charge in [-0.3, -0.25) is 9.69 Å². The van der Waals surface area contributed by atoms with Gasteiger partial charge in [0.15, 0.2) is 0 Å². The molecule has 1 amide bonds. The third-order valence-corrected chi connectivity index (χ3v) is 5.39. The molecule has 1 saturated heterocycles. The summed E-state index contributed by atoms with van der Waals surface area (Å²) in [7, 11) is 0. The van der Waals surface area contributed by atoms with Gasteiger partial charge in [0.25, 0.3) is 5.91 Å². The topological polar surface area (TPSA) is 32.8 Å². The number of hydrogen-bond donors (Lipinski definition) is 0. The molecule has 1 aliphatic heterocycles. The fraction of sp³-hybridized carbons (Fsp3) is 0.632. The molecule has 0 spiro atoms. The Morgan fingerprint density at radius 1 is 1.13 bits per heavy atom. The van der Waals surface area contributed by atoms with Gasteiger partial charge in [-0.05, 0) is 62.8 Å². The van der Waals surface area contributed by atoms with Crippen LogP contribution in [0.1, 0.15) is 37.0 Å². The van der Waals surface area contributed by atoms with E-state index in [-0.39, 0.29) is 5.91 Å². The third kappa shape index (κ3) is 3.69. The molecule has 3 rings (SSSR count). The zero-order chi connectivity index (χ0) is 16.2. The van der Waals surface area contributed by atoms with Gasteiger partial charge in [0.05, 0.1) is 0 Å². The van der Waals surface area contributed by atoms with E-state index in [9.17, 15) is 4.79 Å². The highest BCUT2D eigenvalue weighted by Crippen LogP contribution is 2.40. The van der Waals surface area contributed by atoms with Crippen molar-refractivity contribution in [2.75, 3.05) is 39.3 Å². The Morgan fingerprint density at radius 3 is 2.26 bits per heavy atom. The van der Waals surface area contributed by atoms with E-state index in [0.29, 0.717) is 0 Å². The van der Waals surface area contributed by atoms with E-state index in [0.717, 1.165) is 49.4 Å². The minimum Gasteiger partial charge on any atom is -0.492 e. The van der Waals surface area contributed by atoms with Gasteiger partial charge in [0, 0.05) is 38.3 Å². The number of ether oxygens (including phenoxy) is 1. The van der Waals surface area contributed by atoms with Crippen molar-refractivity contribution in [2.24, 2.45) is 11.8 Å². The smallest absolute Gasteiger partial charge is 0.253 e. The van der Waals surface area contributed by atoms with Crippen LogP contribution in [0.4, 0.5) is 0 Å². The molecule has 1 heterocycles. The standard InChI is InChI=1S/C19H28N2O2/c1-3-21(4-2)19(22)15-7-9-18(10-8-15)23-12-11-20-13-16-5-6-17(16)14-20/h7-10,16-17H,3-6,11-14H2,1-2H3. The van der Waals surface area contributed by atoms with Crippen LogP contribution in [0.3, 0.4) is 0 Å². The molecule has 1 saturated carbocycles. The molecule has 4 heteroatoms. The maximum Gasteiger partial charge on any atom is 0.253 e. The molecular weight excluding hydrogens is 288 g/mol. The lowest BCUT2D eigenvalue weighted by molar-refractivity contribution is 0.0773. The first-order valence-corrected chi connectivity index (χ1v) is 8.95. The number of nitrogens with zero attached hydrogens (tertiary/aromatic N) is 2. The van der Waals surface area contributed by atoms with Gasteiger partial charge in [0.2, 0.25) is 0 Å². The summed E-state index contributed by atoms with van der Waals surface area (Å²) in [5.41, 5.74) is 0.733. The van der Waals surface area contributed by atoms with Crippen molar-refractivity contribution in [3.63, 3.8) is 0 Å². The van der Waals surface area contributed by atoms with Gasteiger partial charge < -0.3 is 9.64 Å². The number of benzene rings is 1. The predicted molar refractivity (Wildman–Crippen MR) is 91.8 cm³/mol. The number of carbonyl (C=O) groups is 1. The van der Waals surface area contributed by atoms with Crippen LogP contribution in [-0.2, 0) is 0 Å². The van der Waals surface area contributed by atoms with Crippen LogP contribution in [-0.4, -0.2) is 55.0 Å². The molecule has 2 fully saturated rings. The lowest BCUT2D eigenvalue weighted by Gasteiger charge is -2.28. The SMILES string of the molecule is CCN(CC)C(=O)c1ccc(OCCN2CC3CCC3C2)cc1. The quantitative estimate of drug-likeness (QED) is 0.775. The molecule has 0 radical (unpaired) electrons. The second kappa shape index (κ2) is 7.35. The van der Waals surface area contributed by atoms with Gasteiger partial charge in [-0.2, -0.15) is 0 Å². The first kappa shape index (κ1) is 16.3. The monoisotopic (exact) mass is 316 g/mol. The summed E-state index contributed by atoms with van der Waals surface area (Å²) in [5.74, 6) is 2.86. The van der Waals surface area contributed by atoms with E-state index in [2.05, 4.69) is 4.90 Å². The van der Waals surface area contributed by atoms with Gasteiger partial charge >= 0.3 is 0 Å². The lowest BCUT2D eigenvalue weighted by Crippen LogP contribution is -2.30. The summed E-state index contributed by atoms with van der Waals surface area (Å²) in [6.45, 7) is 9.73. The summed E-state index contributed by atoms with van der Waals surface area (Å²) >= 11 is 0. The van der Waals surface area contributed by atoms with Crippen LogP contribution in [0.25, 0.3) is 0 Å². The molecule has 4 nitrogen and oxygen atoms in total. The molecule has 1 aliphatic carbocycles. The minimum atomic E-state index is 0.0918. The Hall–Kier alpha value is -1.55. The summed E-state index contributed by atoms with van der Waals surface area (Å²) in [6, 6.07) is 7.55. The largest absolute Gasteiger partial charge is 0.492 e. The van der Waals surface area contributed by atoms with E-state index in [1.165, 1.54) is 25.9 Å². The number of amides is 1. The van der Waals surface area contributed by atoms with E-state index in [4.69, 9.17) is 4.74 Å². The average molecular weight is 316 g/mol. The molecule has 23 heavy (non-hydrogen) atoms. The minimum absolute atomic E-state index is 0.0918. The fourth-order valence-electron chi connectivity index (χ4n) is 3.72. The van der Waals surface area contributed by atoms with E-state index in [1.54, 1.807) is 0 Å². The Balaban J connectivity index is 1.45. The molecule has 126 valence electrons. The van der Waals surface area contributed by atoms with Crippen LogP contribution < -0.4 is 4.74 Å². The summed E-state index contributed by atoms with van der Waals surface area (Å²) in [4.78, 5) is 16.6.